The topological polar surface area (TPSA) is 49.4 Å². The maximum Gasteiger partial charge on any atom is 0.253 e. The summed E-state index contributed by atoms with van der Waals surface area (Å²) in [7, 11) is 0. The summed E-state index contributed by atoms with van der Waals surface area (Å²) in [5, 5.41) is 3.13. The Morgan fingerprint density at radius 1 is 1.22 bits per heavy atom. The lowest BCUT2D eigenvalue weighted by atomic mass is 9.98. The van der Waals surface area contributed by atoms with E-state index in [4.69, 9.17) is 0 Å². The van der Waals surface area contributed by atoms with Crippen LogP contribution in [0.15, 0.2) is 9.59 Å². The molecule has 0 unspecified atom stereocenters. The highest BCUT2D eigenvalue weighted by Crippen LogP contribution is 2.25. The third kappa shape index (κ3) is 2.42. The summed E-state index contributed by atoms with van der Waals surface area (Å²) in [5.41, 5.74) is 0.564. The molecule has 0 aromatic heterocycles. The molecule has 18 heavy (non-hydrogen) atoms. The van der Waals surface area contributed by atoms with Gasteiger partial charge in [0.25, 0.3) is 10.9 Å². The van der Waals surface area contributed by atoms with E-state index in [1.165, 1.54) is 0 Å². The molecule has 1 aromatic rings. The van der Waals surface area contributed by atoms with Crippen molar-refractivity contribution in [1.29, 1.82) is 0 Å². The molecule has 1 aliphatic heterocycles. The van der Waals surface area contributed by atoms with Gasteiger partial charge in [0.2, 0.25) is 0 Å². The highest BCUT2D eigenvalue weighted by molar-refractivity contribution is 5.75. The standard InChI is InChI=1S/C14H22N2O2/c1-3-4-7-15-11-12(14(18)13(11)17)16-8-5-10(2)6-9-16/h10,15H,3-9H2,1-2H3. The molecule has 0 atom stereocenters. The Morgan fingerprint density at radius 2 is 1.89 bits per heavy atom. The van der Waals surface area contributed by atoms with Crippen LogP contribution >= 0.6 is 0 Å². The van der Waals surface area contributed by atoms with Gasteiger partial charge in [-0.2, -0.15) is 0 Å². The number of nitrogens with one attached hydrogen (secondary N) is 1. The van der Waals surface area contributed by atoms with Gasteiger partial charge in [0.1, 0.15) is 11.4 Å². The lowest BCUT2D eigenvalue weighted by molar-refractivity contribution is 0.437. The average molecular weight is 250 g/mol. The third-order valence-electron chi connectivity index (χ3n) is 3.82. The molecule has 4 nitrogen and oxygen atoms in total. The van der Waals surface area contributed by atoms with Crippen LogP contribution in [0.4, 0.5) is 11.4 Å². The van der Waals surface area contributed by atoms with Crippen LogP contribution in [0.25, 0.3) is 0 Å². The second-order valence-electron chi connectivity index (χ2n) is 5.33. The van der Waals surface area contributed by atoms with Crippen LogP contribution in [0.1, 0.15) is 39.5 Å². The molecule has 0 aliphatic carbocycles. The minimum atomic E-state index is -0.334. The molecule has 0 saturated carbocycles. The molecule has 0 amide bonds. The molecule has 1 aliphatic rings. The van der Waals surface area contributed by atoms with Crippen molar-refractivity contribution in [3.05, 3.63) is 20.4 Å². The molecule has 2 rings (SSSR count). The summed E-state index contributed by atoms with van der Waals surface area (Å²) >= 11 is 0. The first kappa shape index (κ1) is 13.1. The van der Waals surface area contributed by atoms with E-state index in [9.17, 15) is 9.59 Å². The van der Waals surface area contributed by atoms with E-state index in [0.29, 0.717) is 11.4 Å². The maximum atomic E-state index is 11.7. The summed E-state index contributed by atoms with van der Waals surface area (Å²) in [6.07, 6.45) is 4.31. The Balaban J connectivity index is 2.06. The van der Waals surface area contributed by atoms with E-state index in [-0.39, 0.29) is 10.9 Å². The molecule has 0 spiro atoms. The summed E-state index contributed by atoms with van der Waals surface area (Å²) in [4.78, 5) is 25.4. The van der Waals surface area contributed by atoms with Crippen LogP contribution in [0.5, 0.6) is 0 Å². The van der Waals surface area contributed by atoms with Crippen molar-refractivity contribution in [2.24, 2.45) is 5.92 Å². The van der Waals surface area contributed by atoms with Crippen molar-refractivity contribution in [2.45, 2.75) is 39.5 Å². The molecule has 1 saturated heterocycles. The largest absolute Gasteiger partial charge is 0.380 e. The van der Waals surface area contributed by atoms with Crippen molar-refractivity contribution in [2.75, 3.05) is 29.9 Å². The van der Waals surface area contributed by atoms with Gasteiger partial charge in [-0.1, -0.05) is 20.3 Å². The third-order valence-corrected chi connectivity index (χ3v) is 3.82. The fourth-order valence-electron chi connectivity index (χ4n) is 2.47. The molecule has 0 bridgehead atoms. The van der Waals surface area contributed by atoms with Gasteiger partial charge in [0.05, 0.1) is 0 Å². The molecule has 1 N–H and O–H groups in total. The van der Waals surface area contributed by atoms with E-state index in [1.807, 2.05) is 0 Å². The molecule has 1 heterocycles. The Bertz CT molecular complexity index is 466. The number of hydrogen-bond donors (Lipinski definition) is 1. The van der Waals surface area contributed by atoms with Crippen molar-refractivity contribution in [3.63, 3.8) is 0 Å². The minimum absolute atomic E-state index is 0.302. The monoisotopic (exact) mass is 250 g/mol. The minimum Gasteiger partial charge on any atom is -0.380 e. The fraction of sp³-hybridized carbons (Fsp3) is 0.714. The second-order valence-corrected chi connectivity index (χ2v) is 5.33. The molecule has 1 aromatic carbocycles. The number of hydrogen-bond acceptors (Lipinski definition) is 4. The van der Waals surface area contributed by atoms with E-state index in [0.717, 1.165) is 51.2 Å². The first-order valence-electron chi connectivity index (χ1n) is 6.97. The smallest absolute Gasteiger partial charge is 0.253 e. The number of nitrogens with zero attached hydrogens (tertiary/aromatic N) is 1. The van der Waals surface area contributed by atoms with Crippen molar-refractivity contribution < 1.29 is 0 Å². The number of piperidine rings is 1. The average Bonchev–Trinajstić information content (AvgIpc) is 2.39. The Kier molecular flexibility index (Phi) is 4.04. The van der Waals surface area contributed by atoms with Crippen LogP contribution in [0.2, 0.25) is 0 Å². The Labute approximate surface area is 108 Å². The van der Waals surface area contributed by atoms with Gasteiger partial charge in [-0.05, 0) is 25.2 Å². The molecule has 0 radical (unpaired) electrons. The highest BCUT2D eigenvalue weighted by Gasteiger charge is 2.27. The van der Waals surface area contributed by atoms with Crippen LogP contribution in [0, 0.1) is 5.92 Å². The van der Waals surface area contributed by atoms with Crippen LogP contribution < -0.4 is 21.1 Å². The van der Waals surface area contributed by atoms with E-state index < -0.39 is 0 Å². The summed E-state index contributed by atoms with van der Waals surface area (Å²) in [5.74, 6) is 0.726. The van der Waals surface area contributed by atoms with Crippen molar-refractivity contribution in [1.82, 2.24) is 0 Å². The second kappa shape index (κ2) is 5.55. The predicted molar refractivity (Wildman–Crippen MR) is 75.4 cm³/mol. The van der Waals surface area contributed by atoms with Gasteiger partial charge in [0, 0.05) is 19.6 Å². The predicted octanol–water partition coefficient (Wildman–Crippen LogP) is 1.73. The summed E-state index contributed by atoms with van der Waals surface area (Å²) in [6.45, 7) is 6.91. The summed E-state index contributed by atoms with van der Waals surface area (Å²) in [6, 6.07) is 0. The maximum absolute atomic E-state index is 11.7. The lowest BCUT2D eigenvalue weighted by Crippen LogP contribution is -2.45. The van der Waals surface area contributed by atoms with Gasteiger partial charge >= 0.3 is 0 Å². The SMILES string of the molecule is CCCCNc1c(N2CCC(C)CC2)c(=O)c1=O. The first-order chi connectivity index (χ1) is 8.65. The first-order valence-corrected chi connectivity index (χ1v) is 6.97. The Morgan fingerprint density at radius 3 is 2.50 bits per heavy atom. The zero-order chi connectivity index (χ0) is 13.1. The zero-order valence-electron chi connectivity index (χ0n) is 11.3. The van der Waals surface area contributed by atoms with Gasteiger partial charge in [-0.25, -0.2) is 0 Å². The number of unbranched alkanes of at least 4 members (excludes halogenated alkanes) is 1. The highest BCUT2D eigenvalue weighted by atomic mass is 16.2. The summed E-state index contributed by atoms with van der Waals surface area (Å²) < 4.78 is 0. The lowest BCUT2D eigenvalue weighted by Gasteiger charge is -2.33. The molecular weight excluding hydrogens is 228 g/mol. The van der Waals surface area contributed by atoms with Crippen LogP contribution in [-0.4, -0.2) is 19.6 Å². The molecular formula is C14H22N2O2. The Hall–Kier alpha value is -1.32. The molecule has 1 fully saturated rings. The molecule has 4 heteroatoms. The quantitative estimate of drug-likeness (QED) is 0.638. The van der Waals surface area contributed by atoms with Crippen molar-refractivity contribution in [3.8, 4) is 0 Å². The zero-order valence-corrected chi connectivity index (χ0v) is 11.3. The van der Waals surface area contributed by atoms with E-state index in [2.05, 4.69) is 24.1 Å². The molecule has 100 valence electrons. The van der Waals surface area contributed by atoms with Gasteiger partial charge in [-0.15, -0.1) is 0 Å². The number of rotatable bonds is 5. The fourth-order valence-corrected chi connectivity index (χ4v) is 2.47. The van der Waals surface area contributed by atoms with Crippen LogP contribution in [-0.2, 0) is 0 Å². The van der Waals surface area contributed by atoms with Crippen LogP contribution in [0.3, 0.4) is 0 Å². The normalized spacial score (nSPS) is 17.3. The van der Waals surface area contributed by atoms with Crippen molar-refractivity contribution >= 4 is 11.4 Å². The van der Waals surface area contributed by atoms with Gasteiger partial charge in [0.15, 0.2) is 0 Å². The van der Waals surface area contributed by atoms with E-state index >= 15 is 0 Å². The van der Waals surface area contributed by atoms with Gasteiger partial charge < -0.3 is 10.2 Å². The number of anilines is 2. The van der Waals surface area contributed by atoms with Gasteiger partial charge in [-0.3, -0.25) is 9.59 Å². The van der Waals surface area contributed by atoms with E-state index in [1.54, 1.807) is 0 Å².